The van der Waals surface area contributed by atoms with Gasteiger partial charge in [0.2, 0.25) is 0 Å². The summed E-state index contributed by atoms with van der Waals surface area (Å²) in [5.41, 5.74) is 2.61. The van der Waals surface area contributed by atoms with E-state index in [-0.39, 0.29) is 6.54 Å². The fraction of sp³-hybridized carbons (Fsp3) is 0.357. The number of carbonyl (C=O) groups excluding carboxylic acids is 1. The third-order valence-corrected chi connectivity index (χ3v) is 3.84. The van der Waals surface area contributed by atoms with Crippen LogP contribution in [0.1, 0.15) is 24.2 Å². The molecule has 1 aliphatic rings. The predicted molar refractivity (Wildman–Crippen MR) is 68.2 cm³/mol. The molecule has 1 amide bonds. The first kappa shape index (κ1) is 13.0. The van der Waals surface area contributed by atoms with Crippen LogP contribution in [0.25, 0.3) is 10.9 Å². The molecule has 106 valence electrons. The van der Waals surface area contributed by atoms with Crippen molar-refractivity contribution in [2.45, 2.75) is 25.6 Å². The molecule has 3 rings (SSSR count). The number of rotatable bonds is 0. The Bertz CT molecular complexity index is 675. The first-order chi connectivity index (χ1) is 9.39. The first-order valence-corrected chi connectivity index (χ1v) is 6.37. The molecule has 0 spiro atoms. The maximum absolute atomic E-state index is 12.6. The summed E-state index contributed by atoms with van der Waals surface area (Å²) in [6.07, 6.45) is -4.39. The number of halogens is 3. The van der Waals surface area contributed by atoms with E-state index in [2.05, 4.69) is 4.98 Å². The standard InChI is InChI=1S/C14H13F3N2O/c1-8-12-10(9-4-2-3-5-11(9)18-12)6-7-19(8)13(20)14(15,16)17/h2-5,8,18H,6-7H2,1H3. The van der Waals surface area contributed by atoms with Gasteiger partial charge in [-0.3, -0.25) is 4.79 Å². The highest BCUT2D eigenvalue weighted by molar-refractivity contribution is 5.87. The number of hydrogen-bond donors (Lipinski definition) is 1. The molecule has 0 saturated heterocycles. The van der Waals surface area contributed by atoms with Crippen molar-refractivity contribution in [2.75, 3.05) is 6.54 Å². The second-order valence-electron chi connectivity index (χ2n) is 4.99. The van der Waals surface area contributed by atoms with E-state index in [1.807, 2.05) is 24.3 Å². The number of aromatic nitrogens is 1. The molecule has 1 atom stereocenters. The molecule has 6 heteroatoms. The molecule has 0 radical (unpaired) electrons. The Morgan fingerprint density at radius 2 is 2.05 bits per heavy atom. The number of nitrogens with one attached hydrogen (secondary N) is 1. The fourth-order valence-corrected chi connectivity index (χ4v) is 2.87. The number of para-hydroxylation sites is 1. The Labute approximate surface area is 113 Å². The molecule has 20 heavy (non-hydrogen) atoms. The fourth-order valence-electron chi connectivity index (χ4n) is 2.87. The maximum atomic E-state index is 12.6. The van der Waals surface area contributed by atoms with Crippen molar-refractivity contribution in [2.24, 2.45) is 0 Å². The zero-order valence-corrected chi connectivity index (χ0v) is 10.8. The number of alkyl halides is 3. The number of aromatic amines is 1. The molecule has 0 fully saturated rings. The SMILES string of the molecule is CC1c2[nH]c3ccccc3c2CCN1C(=O)C(F)(F)F. The molecule has 1 aromatic carbocycles. The van der Waals surface area contributed by atoms with Gasteiger partial charge >= 0.3 is 12.1 Å². The maximum Gasteiger partial charge on any atom is 0.471 e. The lowest BCUT2D eigenvalue weighted by atomic mass is 9.98. The zero-order chi connectivity index (χ0) is 14.5. The first-order valence-electron chi connectivity index (χ1n) is 6.37. The highest BCUT2D eigenvalue weighted by Gasteiger charge is 2.45. The number of H-pyrrole nitrogens is 1. The van der Waals surface area contributed by atoms with E-state index < -0.39 is 18.1 Å². The Morgan fingerprint density at radius 1 is 1.35 bits per heavy atom. The van der Waals surface area contributed by atoms with E-state index in [9.17, 15) is 18.0 Å². The third-order valence-electron chi connectivity index (χ3n) is 3.84. The predicted octanol–water partition coefficient (Wildman–Crippen LogP) is 3.18. The molecule has 2 aromatic rings. The van der Waals surface area contributed by atoms with Gasteiger partial charge in [-0.25, -0.2) is 0 Å². The minimum Gasteiger partial charge on any atom is -0.356 e. The third kappa shape index (κ3) is 1.87. The Hall–Kier alpha value is -1.98. The number of nitrogens with zero attached hydrogens (tertiary/aromatic N) is 1. The van der Waals surface area contributed by atoms with Gasteiger partial charge in [0.15, 0.2) is 0 Å². The van der Waals surface area contributed by atoms with Crippen molar-refractivity contribution in [1.82, 2.24) is 9.88 Å². The van der Waals surface area contributed by atoms with Crippen molar-refractivity contribution in [1.29, 1.82) is 0 Å². The van der Waals surface area contributed by atoms with Gasteiger partial charge in [0.25, 0.3) is 0 Å². The molecule has 1 aliphatic heterocycles. The lowest BCUT2D eigenvalue weighted by Gasteiger charge is -2.33. The Morgan fingerprint density at radius 3 is 2.75 bits per heavy atom. The summed E-state index contributed by atoms with van der Waals surface area (Å²) in [7, 11) is 0. The summed E-state index contributed by atoms with van der Waals surface area (Å²) in [5.74, 6) is -1.77. The molecule has 0 aliphatic carbocycles. The van der Waals surface area contributed by atoms with Gasteiger partial charge in [0, 0.05) is 23.1 Å². The summed E-state index contributed by atoms with van der Waals surface area (Å²) in [5, 5.41) is 1.02. The number of hydrogen-bond acceptors (Lipinski definition) is 1. The van der Waals surface area contributed by atoms with E-state index in [0.29, 0.717) is 12.1 Å². The van der Waals surface area contributed by atoms with Crippen LogP contribution in [0.2, 0.25) is 0 Å². The van der Waals surface area contributed by atoms with Crippen LogP contribution >= 0.6 is 0 Å². The molecule has 0 bridgehead atoms. The van der Waals surface area contributed by atoms with Crippen molar-refractivity contribution < 1.29 is 18.0 Å². The summed E-state index contributed by atoms with van der Waals surface area (Å²) in [4.78, 5) is 15.5. The van der Waals surface area contributed by atoms with Gasteiger partial charge in [-0.1, -0.05) is 18.2 Å². The number of benzene rings is 1. The highest BCUT2D eigenvalue weighted by atomic mass is 19.4. The Balaban J connectivity index is 2.03. The van der Waals surface area contributed by atoms with Gasteiger partial charge in [-0.15, -0.1) is 0 Å². The van der Waals surface area contributed by atoms with E-state index in [1.165, 1.54) is 0 Å². The molecule has 1 aromatic heterocycles. The minimum atomic E-state index is -4.82. The highest BCUT2D eigenvalue weighted by Crippen LogP contribution is 2.36. The second-order valence-corrected chi connectivity index (χ2v) is 4.99. The van der Waals surface area contributed by atoms with E-state index in [0.717, 1.165) is 21.4 Å². The van der Waals surface area contributed by atoms with Gasteiger partial charge in [-0.2, -0.15) is 13.2 Å². The topological polar surface area (TPSA) is 36.1 Å². The lowest BCUT2D eigenvalue weighted by Crippen LogP contribution is -2.45. The summed E-state index contributed by atoms with van der Waals surface area (Å²) in [6, 6.07) is 7.00. The van der Waals surface area contributed by atoms with Crippen molar-refractivity contribution in [3.05, 3.63) is 35.5 Å². The van der Waals surface area contributed by atoms with Crippen LogP contribution in [-0.4, -0.2) is 28.5 Å². The molecule has 3 nitrogen and oxygen atoms in total. The summed E-state index contributed by atoms with van der Waals surface area (Å²) < 4.78 is 37.8. The Kier molecular flexibility index (Phi) is 2.77. The summed E-state index contributed by atoms with van der Waals surface area (Å²) >= 11 is 0. The normalized spacial score (nSPS) is 19.2. The molecular formula is C14H13F3N2O. The number of carbonyl (C=O) groups is 1. The van der Waals surface area contributed by atoms with Crippen molar-refractivity contribution in [3.63, 3.8) is 0 Å². The van der Waals surface area contributed by atoms with Crippen LogP contribution in [0.4, 0.5) is 13.2 Å². The molecule has 1 unspecified atom stereocenters. The number of fused-ring (bicyclic) bond motifs is 3. The van der Waals surface area contributed by atoms with Crippen LogP contribution in [0.15, 0.2) is 24.3 Å². The zero-order valence-electron chi connectivity index (χ0n) is 10.8. The second kappa shape index (κ2) is 4.26. The largest absolute Gasteiger partial charge is 0.471 e. The van der Waals surface area contributed by atoms with Crippen LogP contribution in [-0.2, 0) is 11.2 Å². The van der Waals surface area contributed by atoms with E-state index >= 15 is 0 Å². The van der Waals surface area contributed by atoms with Crippen LogP contribution in [0.3, 0.4) is 0 Å². The molecule has 1 N–H and O–H groups in total. The van der Waals surface area contributed by atoms with Crippen molar-refractivity contribution >= 4 is 16.8 Å². The molecule has 2 heterocycles. The van der Waals surface area contributed by atoms with Gasteiger partial charge in [0.05, 0.1) is 6.04 Å². The summed E-state index contributed by atoms with van der Waals surface area (Å²) in [6.45, 7) is 1.71. The van der Waals surface area contributed by atoms with Gasteiger partial charge in [0.1, 0.15) is 0 Å². The van der Waals surface area contributed by atoms with Crippen LogP contribution < -0.4 is 0 Å². The average Bonchev–Trinajstić information content (AvgIpc) is 2.77. The van der Waals surface area contributed by atoms with Gasteiger partial charge in [-0.05, 0) is 25.0 Å². The smallest absolute Gasteiger partial charge is 0.356 e. The molecular weight excluding hydrogens is 269 g/mol. The average molecular weight is 282 g/mol. The quantitative estimate of drug-likeness (QED) is 0.791. The lowest BCUT2D eigenvalue weighted by molar-refractivity contribution is -0.188. The minimum absolute atomic E-state index is 0.0916. The van der Waals surface area contributed by atoms with E-state index in [1.54, 1.807) is 6.92 Å². The van der Waals surface area contributed by atoms with Gasteiger partial charge < -0.3 is 9.88 Å². The monoisotopic (exact) mass is 282 g/mol. The van der Waals surface area contributed by atoms with Crippen LogP contribution in [0, 0.1) is 0 Å². The molecule has 0 saturated carbocycles. The van der Waals surface area contributed by atoms with Crippen molar-refractivity contribution in [3.8, 4) is 0 Å². The van der Waals surface area contributed by atoms with E-state index in [4.69, 9.17) is 0 Å². The number of amides is 1. The van der Waals surface area contributed by atoms with Crippen LogP contribution in [0.5, 0.6) is 0 Å².